The number of hydrogen-bond donors (Lipinski definition) is 0. The lowest BCUT2D eigenvalue weighted by molar-refractivity contribution is -0.130. The zero-order chi connectivity index (χ0) is 16.5. The number of hydrogen-bond acceptors (Lipinski definition) is 3. The lowest BCUT2D eigenvalue weighted by atomic mass is 9.81. The molecule has 0 saturated heterocycles. The Morgan fingerprint density at radius 3 is 2.18 bits per heavy atom. The minimum atomic E-state index is -0.706. The highest BCUT2D eigenvalue weighted by molar-refractivity contribution is 6.01. The molecule has 0 amide bonds. The van der Waals surface area contributed by atoms with Crippen LogP contribution in [-0.4, -0.2) is 18.7 Å². The first kappa shape index (κ1) is 18.0. The molecule has 0 heterocycles. The number of ketones is 2. The molecule has 1 aromatic rings. The number of carbonyl (C=O) groups excluding carboxylic acids is 2. The van der Waals surface area contributed by atoms with Crippen molar-refractivity contribution in [1.29, 1.82) is 0 Å². The van der Waals surface area contributed by atoms with Gasteiger partial charge < -0.3 is 4.74 Å². The van der Waals surface area contributed by atoms with E-state index >= 15 is 0 Å². The molecule has 22 heavy (non-hydrogen) atoms. The van der Waals surface area contributed by atoms with Gasteiger partial charge in [-0.3, -0.25) is 9.59 Å². The molecule has 118 valence electrons. The van der Waals surface area contributed by atoms with E-state index in [9.17, 15) is 9.59 Å². The van der Waals surface area contributed by atoms with E-state index in [1.807, 2.05) is 24.3 Å². The summed E-state index contributed by atoms with van der Waals surface area (Å²) in [5.41, 5.74) is 0.875. The van der Waals surface area contributed by atoms with Gasteiger partial charge in [-0.05, 0) is 38.0 Å². The molecule has 0 radical (unpaired) electrons. The van der Waals surface area contributed by atoms with Gasteiger partial charge >= 0.3 is 0 Å². The number of benzene rings is 1. The molecule has 0 aliphatic carbocycles. The van der Waals surface area contributed by atoms with Gasteiger partial charge in [0.15, 0.2) is 0 Å². The molecule has 0 bridgehead atoms. The Morgan fingerprint density at radius 1 is 1.14 bits per heavy atom. The molecule has 0 N–H and O–H groups in total. The topological polar surface area (TPSA) is 43.4 Å². The van der Waals surface area contributed by atoms with Crippen LogP contribution in [0, 0.1) is 17.8 Å². The van der Waals surface area contributed by atoms with Gasteiger partial charge in [0.05, 0.1) is 18.9 Å². The van der Waals surface area contributed by atoms with E-state index in [0.29, 0.717) is 0 Å². The predicted octanol–water partition coefficient (Wildman–Crippen LogP) is 3.77. The van der Waals surface area contributed by atoms with Crippen LogP contribution in [0.3, 0.4) is 0 Å². The van der Waals surface area contributed by atoms with Crippen LogP contribution in [0.5, 0.6) is 5.75 Å². The van der Waals surface area contributed by atoms with Crippen molar-refractivity contribution in [1.82, 2.24) is 0 Å². The van der Waals surface area contributed by atoms with Crippen LogP contribution in [0.1, 0.15) is 51.5 Å². The van der Waals surface area contributed by atoms with E-state index in [-0.39, 0.29) is 11.6 Å². The fourth-order valence-electron chi connectivity index (χ4n) is 2.37. The van der Waals surface area contributed by atoms with Crippen LogP contribution in [0.2, 0.25) is 0 Å². The summed E-state index contributed by atoms with van der Waals surface area (Å²) in [6, 6.07) is 7.40. The van der Waals surface area contributed by atoms with Crippen molar-refractivity contribution in [2.24, 2.45) is 5.92 Å². The van der Waals surface area contributed by atoms with Gasteiger partial charge in [-0.15, -0.1) is 5.92 Å². The van der Waals surface area contributed by atoms with Gasteiger partial charge in [0.2, 0.25) is 0 Å². The van der Waals surface area contributed by atoms with E-state index in [1.165, 1.54) is 13.8 Å². The highest BCUT2D eigenvalue weighted by Crippen LogP contribution is 2.27. The van der Waals surface area contributed by atoms with Gasteiger partial charge in [-0.1, -0.05) is 31.4 Å². The molecule has 1 rings (SSSR count). The maximum absolute atomic E-state index is 11.9. The second-order valence-electron chi connectivity index (χ2n) is 5.37. The van der Waals surface area contributed by atoms with Gasteiger partial charge in [0.1, 0.15) is 17.3 Å². The summed E-state index contributed by atoms with van der Waals surface area (Å²) in [7, 11) is 1.60. The zero-order valence-corrected chi connectivity index (χ0v) is 13.8. The van der Waals surface area contributed by atoms with Crippen LogP contribution in [-0.2, 0) is 9.59 Å². The molecule has 0 aliphatic rings. The molecule has 0 saturated carbocycles. The minimum absolute atomic E-state index is 0.141. The number of ether oxygens (including phenoxy) is 1. The van der Waals surface area contributed by atoms with Crippen molar-refractivity contribution < 1.29 is 14.3 Å². The average Bonchev–Trinajstić information content (AvgIpc) is 2.49. The summed E-state index contributed by atoms with van der Waals surface area (Å²) in [4.78, 5) is 23.8. The van der Waals surface area contributed by atoms with Crippen molar-refractivity contribution in [2.75, 3.05) is 7.11 Å². The molecular formula is C19H24O3. The number of methoxy groups -OCH3 is 1. The first-order valence-electron chi connectivity index (χ1n) is 7.64. The summed E-state index contributed by atoms with van der Waals surface area (Å²) in [6.07, 6.45) is 2.88. The summed E-state index contributed by atoms with van der Waals surface area (Å²) in [5, 5.41) is 0. The molecule has 1 aromatic carbocycles. The average molecular weight is 300 g/mol. The fourth-order valence-corrected chi connectivity index (χ4v) is 2.37. The molecule has 0 aromatic heterocycles. The minimum Gasteiger partial charge on any atom is -0.497 e. The SMILES string of the molecule is CCCCC#CC(c1ccc(OC)cc1)C(C(C)=O)C(C)=O. The van der Waals surface area contributed by atoms with Crippen molar-refractivity contribution >= 4 is 11.6 Å². The van der Waals surface area contributed by atoms with E-state index in [1.54, 1.807) is 7.11 Å². The van der Waals surface area contributed by atoms with Crippen LogP contribution >= 0.6 is 0 Å². The van der Waals surface area contributed by atoms with E-state index in [2.05, 4.69) is 18.8 Å². The molecule has 0 aliphatic heterocycles. The number of carbonyl (C=O) groups is 2. The molecule has 0 spiro atoms. The molecule has 0 fully saturated rings. The van der Waals surface area contributed by atoms with Gasteiger partial charge in [-0.25, -0.2) is 0 Å². The van der Waals surface area contributed by atoms with Gasteiger partial charge in [0, 0.05) is 6.42 Å². The Bertz CT molecular complexity index is 547. The lowest BCUT2D eigenvalue weighted by Crippen LogP contribution is -2.26. The standard InChI is InChI=1S/C19H24O3/c1-5-6-7-8-9-18(19(14(2)20)15(3)21)16-10-12-17(22-4)13-11-16/h10-13,18-19H,5-7H2,1-4H3. The Hall–Kier alpha value is -2.08. The molecule has 1 atom stereocenters. The largest absolute Gasteiger partial charge is 0.497 e. The Balaban J connectivity index is 3.15. The smallest absolute Gasteiger partial charge is 0.141 e. The van der Waals surface area contributed by atoms with Crippen LogP contribution < -0.4 is 4.74 Å². The third kappa shape index (κ3) is 5.04. The third-order valence-corrected chi connectivity index (χ3v) is 3.60. The molecular weight excluding hydrogens is 276 g/mol. The maximum Gasteiger partial charge on any atom is 0.141 e. The van der Waals surface area contributed by atoms with Crippen LogP contribution in [0.25, 0.3) is 0 Å². The van der Waals surface area contributed by atoms with Gasteiger partial charge in [0.25, 0.3) is 0 Å². The van der Waals surface area contributed by atoms with Crippen molar-refractivity contribution in [2.45, 2.75) is 46.0 Å². The lowest BCUT2D eigenvalue weighted by Gasteiger charge is -2.19. The first-order chi connectivity index (χ1) is 10.5. The van der Waals surface area contributed by atoms with Gasteiger partial charge in [-0.2, -0.15) is 0 Å². The Morgan fingerprint density at radius 2 is 1.73 bits per heavy atom. The summed E-state index contributed by atoms with van der Waals surface area (Å²) in [6.45, 7) is 5.02. The maximum atomic E-state index is 11.9. The van der Waals surface area contributed by atoms with Crippen LogP contribution in [0.4, 0.5) is 0 Å². The van der Waals surface area contributed by atoms with Crippen molar-refractivity contribution in [3.8, 4) is 17.6 Å². The number of unbranched alkanes of at least 4 members (excludes halogenated alkanes) is 2. The van der Waals surface area contributed by atoms with Crippen LogP contribution in [0.15, 0.2) is 24.3 Å². The third-order valence-electron chi connectivity index (χ3n) is 3.60. The fraction of sp³-hybridized carbons (Fsp3) is 0.474. The number of Topliss-reactive ketones (excluding diaryl/α,β-unsaturated/α-hetero) is 2. The normalized spacial score (nSPS) is 11.5. The monoisotopic (exact) mass is 300 g/mol. The second-order valence-corrected chi connectivity index (χ2v) is 5.37. The number of rotatable bonds is 7. The highest BCUT2D eigenvalue weighted by atomic mass is 16.5. The van der Waals surface area contributed by atoms with Crippen molar-refractivity contribution in [3.05, 3.63) is 29.8 Å². The van der Waals surface area contributed by atoms with Crippen molar-refractivity contribution in [3.63, 3.8) is 0 Å². The summed E-state index contributed by atoms with van der Waals surface area (Å²) >= 11 is 0. The Kier molecular flexibility index (Phi) is 7.39. The zero-order valence-electron chi connectivity index (χ0n) is 13.8. The summed E-state index contributed by atoms with van der Waals surface area (Å²) < 4.78 is 5.15. The summed E-state index contributed by atoms with van der Waals surface area (Å²) in [5.74, 6) is 5.62. The molecule has 3 nitrogen and oxygen atoms in total. The molecule has 3 heteroatoms. The van der Waals surface area contributed by atoms with E-state index in [4.69, 9.17) is 4.74 Å². The quantitative estimate of drug-likeness (QED) is 0.437. The highest BCUT2D eigenvalue weighted by Gasteiger charge is 2.29. The first-order valence-corrected chi connectivity index (χ1v) is 7.64. The second kappa shape index (κ2) is 9.04. The Labute approximate surface area is 133 Å². The predicted molar refractivity (Wildman–Crippen MR) is 87.9 cm³/mol. The van der Waals surface area contributed by atoms with E-state index < -0.39 is 11.8 Å². The van der Waals surface area contributed by atoms with E-state index in [0.717, 1.165) is 30.6 Å². The molecule has 1 unspecified atom stereocenters.